The zero-order chi connectivity index (χ0) is 27.0. The molecule has 1 amide bonds. The van der Waals surface area contributed by atoms with Crippen molar-refractivity contribution in [1.29, 1.82) is 0 Å². The van der Waals surface area contributed by atoms with E-state index < -0.39 is 33.3 Å². The first kappa shape index (κ1) is 27.9. The first-order valence-electron chi connectivity index (χ1n) is 12.8. The summed E-state index contributed by atoms with van der Waals surface area (Å²) in [5, 5.41) is 11.0. The summed E-state index contributed by atoms with van der Waals surface area (Å²) in [6.07, 6.45) is 2.00. The number of carboxylic acid groups (broad SMARTS) is 1. The molecule has 1 saturated carbocycles. The number of hydrogen-bond donors (Lipinski definition) is 1. The van der Waals surface area contributed by atoms with Crippen molar-refractivity contribution in [1.82, 2.24) is 4.90 Å². The number of piperidine rings is 1. The molecule has 37 heavy (non-hydrogen) atoms. The second-order valence-electron chi connectivity index (χ2n) is 10.4. The maximum atomic E-state index is 14.5. The Hall–Kier alpha value is -2.09. The fourth-order valence-corrected chi connectivity index (χ4v) is 7.33. The second-order valence-corrected chi connectivity index (χ2v) is 13.7. The smallest absolute Gasteiger partial charge is 0.304 e. The fraction of sp³-hybridized carbons (Fsp3) is 0.500. The summed E-state index contributed by atoms with van der Waals surface area (Å²) < 4.78 is 25.8. The van der Waals surface area contributed by atoms with Crippen molar-refractivity contribution in [2.45, 2.75) is 64.0 Å². The Morgan fingerprint density at radius 3 is 2.30 bits per heavy atom. The summed E-state index contributed by atoms with van der Waals surface area (Å²) in [7, 11) is -3.42. The minimum absolute atomic E-state index is 0.0182. The van der Waals surface area contributed by atoms with Crippen LogP contribution in [0.5, 0.6) is 0 Å². The van der Waals surface area contributed by atoms with Crippen LogP contribution in [0.1, 0.15) is 69.0 Å². The molecule has 2 aliphatic rings. The largest absolute Gasteiger partial charge is 0.481 e. The van der Waals surface area contributed by atoms with Gasteiger partial charge in [-0.15, -0.1) is 0 Å². The molecule has 1 heterocycles. The highest BCUT2D eigenvalue weighted by atomic mass is 35.5. The van der Waals surface area contributed by atoms with E-state index in [2.05, 4.69) is 0 Å². The molecule has 1 aliphatic heterocycles. The number of rotatable bonds is 10. The Labute approximate surface area is 228 Å². The number of carbonyl (C=O) groups is 2. The van der Waals surface area contributed by atoms with Gasteiger partial charge in [0.2, 0.25) is 5.91 Å². The normalized spacial score (nSPS) is 25.2. The van der Waals surface area contributed by atoms with Crippen LogP contribution in [0.2, 0.25) is 10.0 Å². The molecule has 2 aromatic rings. The van der Waals surface area contributed by atoms with Gasteiger partial charge in [-0.2, -0.15) is 0 Å². The van der Waals surface area contributed by atoms with Crippen molar-refractivity contribution in [3.05, 3.63) is 69.7 Å². The molecule has 200 valence electrons. The molecule has 0 bridgehead atoms. The van der Waals surface area contributed by atoms with E-state index in [-0.39, 0.29) is 35.7 Å². The van der Waals surface area contributed by atoms with Gasteiger partial charge in [-0.05, 0) is 67.0 Å². The Balaban J connectivity index is 1.96. The molecule has 2 aromatic carbocycles. The van der Waals surface area contributed by atoms with Crippen LogP contribution in [-0.2, 0) is 19.4 Å². The minimum atomic E-state index is -3.42. The first-order valence-corrected chi connectivity index (χ1v) is 15.3. The van der Waals surface area contributed by atoms with Crippen LogP contribution in [-0.4, -0.2) is 47.8 Å². The van der Waals surface area contributed by atoms with E-state index in [9.17, 15) is 23.1 Å². The van der Waals surface area contributed by atoms with E-state index in [4.69, 9.17) is 23.2 Å². The van der Waals surface area contributed by atoms with Gasteiger partial charge in [0.05, 0.1) is 23.6 Å². The van der Waals surface area contributed by atoms with Crippen LogP contribution < -0.4 is 0 Å². The summed E-state index contributed by atoms with van der Waals surface area (Å²) in [4.78, 5) is 28.3. The summed E-state index contributed by atoms with van der Waals surface area (Å²) in [5.41, 5.74) is 0.563. The highest BCUT2D eigenvalue weighted by Gasteiger charge is 2.56. The number of aliphatic carboxylic acids is 1. The lowest BCUT2D eigenvalue weighted by molar-refractivity contribution is -0.162. The van der Waals surface area contributed by atoms with Crippen molar-refractivity contribution in [3.8, 4) is 0 Å². The molecule has 1 N–H and O–H groups in total. The van der Waals surface area contributed by atoms with Crippen molar-refractivity contribution >= 4 is 44.9 Å². The number of sulfone groups is 1. The molecule has 4 unspecified atom stereocenters. The lowest BCUT2D eigenvalue weighted by atomic mass is 9.65. The Bertz CT molecular complexity index is 1260. The number of carbonyl (C=O) groups excluding carboxylic acids is 1. The van der Waals surface area contributed by atoms with Crippen LogP contribution in [0.15, 0.2) is 48.5 Å². The van der Waals surface area contributed by atoms with Gasteiger partial charge in [-0.3, -0.25) is 9.59 Å². The van der Waals surface area contributed by atoms with Crippen molar-refractivity contribution < 1.29 is 23.1 Å². The number of halogens is 2. The maximum absolute atomic E-state index is 14.5. The van der Waals surface area contributed by atoms with E-state index in [1.54, 1.807) is 30.0 Å². The number of nitrogens with zero attached hydrogens (tertiary/aromatic N) is 1. The molecule has 6 nitrogen and oxygen atoms in total. The van der Waals surface area contributed by atoms with Crippen LogP contribution in [0, 0.1) is 11.3 Å². The molecule has 1 aliphatic carbocycles. The molecule has 0 spiro atoms. The van der Waals surface area contributed by atoms with Crippen LogP contribution in [0.3, 0.4) is 0 Å². The van der Waals surface area contributed by atoms with Gasteiger partial charge < -0.3 is 10.0 Å². The van der Waals surface area contributed by atoms with Crippen molar-refractivity contribution in [2.75, 3.05) is 11.5 Å². The zero-order valence-corrected chi connectivity index (χ0v) is 23.4. The quantitative estimate of drug-likeness (QED) is 0.373. The van der Waals surface area contributed by atoms with Gasteiger partial charge in [-0.25, -0.2) is 8.42 Å². The number of amides is 1. The highest BCUT2D eigenvalue weighted by Crippen LogP contribution is 2.55. The summed E-state index contributed by atoms with van der Waals surface area (Å²) in [5.74, 6) is -1.72. The minimum Gasteiger partial charge on any atom is -0.481 e. The van der Waals surface area contributed by atoms with Crippen LogP contribution in [0.4, 0.5) is 0 Å². The number of benzene rings is 2. The fourth-order valence-electron chi connectivity index (χ4n) is 5.82. The first-order chi connectivity index (χ1) is 17.5. The monoisotopic (exact) mass is 565 g/mol. The van der Waals surface area contributed by atoms with E-state index in [0.29, 0.717) is 22.9 Å². The van der Waals surface area contributed by atoms with E-state index in [1.807, 2.05) is 37.3 Å². The molecular weight excluding hydrogens is 533 g/mol. The number of hydrogen-bond acceptors (Lipinski definition) is 4. The van der Waals surface area contributed by atoms with Crippen molar-refractivity contribution in [2.24, 2.45) is 11.3 Å². The molecule has 2 fully saturated rings. The van der Waals surface area contributed by atoms with Gasteiger partial charge in [0, 0.05) is 27.8 Å². The molecule has 4 atom stereocenters. The lowest BCUT2D eigenvalue weighted by Gasteiger charge is -2.53. The molecule has 9 heteroatoms. The predicted octanol–water partition coefficient (Wildman–Crippen LogP) is 6.14. The number of carboxylic acids is 1. The van der Waals surface area contributed by atoms with Gasteiger partial charge in [0.15, 0.2) is 9.84 Å². The van der Waals surface area contributed by atoms with Gasteiger partial charge in [0.1, 0.15) is 0 Å². The topological polar surface area (TPSA) is 91.8 Å². The molecule has 4 rings (SSSR count). The molecule has 0 aromatic heterocycles. The Morgan fingerprint density at radius 1 is 1.08 bits per heavy atom. The van der Waals surface area contributed by atoms with Gasteiger partial charge >= 0.3 is 5.97 Å². The standard InChI is InChI=1S/C28H33Cl2NO5S/c1-3-28(16-25(32)33)15-23(20-6-5-7-22(30)14-20)26(19-10-12-21(29)13-11-19)31(27(28)34)24(18-8-9-18)17-37(35,36)4-2/h5-7,10-14,18,23-24,26H,3-4,8-9,15-17H2,1-2H3,(H,32,33). The Kier molecular flexibility index (Phi) is 8.27. The van der Waals surface area contributed by atoms with Crippen LogP contribution in [0.25, 0.3) is 0 Å². The third-order valence-electron chi connectivity index (χ3n) is 8.02. The SMILES string of the molecule is CCC1(CC(=O)O)CC(c2cccc(Cl)c2)C(c2ccc(Cl)cc2)N(C(CS(=O)(=O)CC)C2CC2)C1=O. The maximum Gasteiger partial charge on any atom is 0.304 e. The van der Waals surface area contributed by atoms with E-state index >= 15 is 0 Å². The molecule has 0 radical (unpaired) electrons. The average Bonchev–Trinajstić information content (AvgIpc) is 3.70. The number of likely N-dealkylation sites (tertiary alicyclic amines) is 1. The predicted molar refractivity (Wildman–Crippen MR) is 146 cm³/mol. The van der Waals surface area contributed by atoms with E-state index in [1.165, 1.54) is 0 Å². The Morgan fingerprint density at radius 2 is 1.76 bits per heavy atom. The highest BCUT2D eigenvalue weighted by molar-refractivity contribution is 7.91. The average molecular weight is 567 g/mol. The zero-order valence-electron chi connectivity index (χ0n) is 21.1. The lowest BCUT2D eigenvalue weighted by Crippen LogP contribution is -2.59. The molecule has 1 saturated heterocycles. The summed E-state index contributed by atoms with van der Waals surface area (Å²) in [6.45, 7) is 3.45. The summed E-state index contributed by atoms with van der Waals surface area (Å²) in [6, 6.07) is 13.7. The van der Waals surface area contributed by atoms with Gasteiger partial charge in [0.25, 0.3) is 0 Å². The van der Waals surface area contributed by atoms with Crippen LogP contribution >= 0.6 is 23.2 Å². The van der Waals surface area contributed by atoms with E-state index in [0.717, 1.165) is 24.0 Å². The summed E-state index contributed by atoms with van der Waals surface area (Å²) >= 11 is 12.6. The third-order valence-corrected chi connectivity index (χ3v) is 10.2. The molecular formula is C28H33Cl2NO5S. The second kappa shape index (κ2) is 11.0. The van der Waals surface area contributed by atoms with Crippen molar-refractivity contribution in [3.63, 3.8) is 0 Å². The third kappa shape index (κ3) is 5.99. The van der Waals surface area contributed by atoms with Gasteiger partial charge in [-0.1, -0.05) is 61.3 Å².